The summed E-state index contributed by atoms with van der Waals surface area (Å²) >= 11 is 1.19. The van der Waals surface area contributed by atoms with Crippen LogP contribution in [0.5, 0.6) is 17.2 Å². The van der Waals surface area contributed by atoms with E-state index in [1.54, 1.807) is 36.7 Å². The smallest absolute Gasteiger partial charge is 0.225 e. The Labute approximate surface area is 206 Å². The zero-order chi connectivity index (χ0) is 25.4. The van der Waals surface area contributed by atoms with Crippen LogP contribution in [0.15, 0.2) is 41.7 Å². The van der Waals surface area contributed by atoms with Gasteiger partial charge in [0.2, 0.25) is 11.7 Å². The molecule has 1 amide bonds. The number of nitrogen functional groups attached to an aromatic ring is 1. The minimum Gasteiger partial charge on any atom is -0.493 e. The molecule has 3 aromatic rings. The predicted octanol–water partition coefficient (Wildman–Crippen LogP) is 3.62. The number of methoxy groups -OCH3 is 3. The van der Waals surface area contributed by atoms with Gasteiger partial charge in [-0.1, -0.05) is 0 Å². The van der Waals surface area contributed by atoms with Crippen LogP contribution < -0.4 is 25.3 Å². The summed E-state index contributed by atoms with van der Waals surface area (Å²) in [6.07, 6.45) is 3.32. The minimum absolute atomic E-state index is 0.0300. The average Bonchev–Trinajstić information content (AvgIpc) is 2.87. The second kappa shape index (κ2) is 11.6. The van der Waals surface area contributed by atoms with E-state index in [0.29, 0.717) is 44.8 Å². The van der Waals surface area contributed by atoms with Crippen LogP contribution in [-0.4, -0.2) is 43.0 Å². The Bertz CT molecular complexity index is 1290. The maximum absolute atomic E-state index is 12.3. The Hall–Kier alpha value is -4.48. The highest BCUT2D eigenvalue weighted by molar-refractivity contribution is 7.99. The Kier molecular flexibility index (Phi) is 8.33. The fourth-order valence-electron chi connectivity index (χ4n) is 3.32. The van der Waals surface area contributed by atoms with E-state index < -0.39 is 0 Å². The van der Waals surface area contributed by atoms with E-state index in [0.717, 1.165) is 0 Å². The topological polar surface area (TPSA) is 156 Å². The SMILES string of the molecule is COc1cc(-c2c(C#N)c(N)nc(SCCC(=O)Nc3cccnc3)c2C#N)cc(OC)c1OC. The molecule has 0 spiro atoms. The highest BCUT2D eigenvalue weighted by atomic mass is 32.2. The van der Waals surface area contributed by atoms with Crippen LogP contribution in [0.2, 0.25) is 0 Å². The van der Waals surface area contributed by atoms with E-state index in [2.05, 4.69) is 21.4 Å². The third-order valence-electron chi connectivity index (χ3n) is 4.88. The first-order chi connectivity index (χ1) is 17.0. The molecule has 3 rings (SSSR count). The molecule has 0 saturated heterocycles. The highest BCUT2D eigenvalue weighted by Crippen LogP contribution is 2.44. The maximum Gasteiger partial charge on any atom is 0.225 e. The summed E-state index contributed by atoms with van der Waals surface area (Å²) < 4.78 is 16.2. The summed E-state index contributed by atoms with van der Waals surface area (Å²) in [6.45, 7) is 0. The lowest BCUT2D eigenvalue weighted by Crippen LogP contribution is -2.12. The fourth-order valence-corrected chi connectivity index (χ4v) is 4.25. The van der Waals surface area contributed by atoms with Crippen molar-refractivity contribution in [3.63, 3.8) is 0 Å². The first-order valence-corrected chi connectivity index (χ1v) is 11.2. The van der Waals surface area contributed by atoms with Crippen LogP contribution >= 0.6 is 11.8 Å². The molecule has 0 unspecified atom stereocenters. The number of hydrogen-bond acceptors (Lipinski definition) is 10. The molecule has 1 aromatic carbocycles. The number of carbonyl (C=O) groups excluding carboxylic acids is 1. The zero-order valence-corrected chi connectivity index (χ0v) is 20.1. The van der Waals surface area contributed by atoms with Crippen molar-refractivity contribution in [1.82, 2.24) is 9.97 Å². The van der Waals surface area contributed by atoms with Crippen LogP contribution in [0.4, 0.5) is 11.5 Å². The Morgan fingerprint density at radius 1 is 1.11 bits per heavy atom. The van der Waals surface area contributed by atoms with Crippen molar-refractivity contribution in [2.75, 3.05) is 38.1 Å². The number of nitrogens with one attached hydrogen (secondary N) is 1. The van der Waals surface area contributed by atoms with Crippen molar-refractivity contribution >= 4 is 29.2 Å². The van der Waals surface area contributed by atoms with Gasteiger partial charge in [-0.15, -0.1) is 11.8 Å². The van der Waals surface area contributed by atoms with Crippen LogP contribution in [0.25, 0.3) is 11.1 Å². The lowest BCUT2D eigenvalue weighted by Gasteiger charge is -2.17. The van der Waals surface area contributed by atoms with E-state index in [1.165, 1.54) is 33.1 Å². The van der Waals surface area contributed by atoms with Gasteiger partial charge in [-0.05, 0) is 29.8 Å². The number of rotatable bonds is 9. The number of ether oxygens (including phenoxy) is 3. The molecule has 0 aliphatic heterocycles. The van der Waals surface area contributed by atoms with Gasteiger partial charge in [0.25, 0.3) is 0 Å². The summed E-state index contributed by atoms with van der Waals surface area (Å²) in [6, 6.07) is 10.9. The summed E-state index contributed by atoms with van der Waals surface area (Å²) in [5, 5.41) is 22.8. The number of nitrogens with zero attached hydrogens (tertiary/aromatic N) is 4. The van der Waals surface area contributed by atoms with Crippen LogP contribution in [0.1, 0.15) is 17.5 Å². The number of pyridine rings is 2. The Morgan fingerprint density at radius 2 is 1.80 bits per heavy atom. The molecule has 0 aliphatic carbocycles. The molecule has 3 N–H and O–H groups in total. The van der Waals surface area contributed by atoms with E-state index in [4.69, 9.17) is 19.9 Å². The third-order valence-corrected chi connectivity index (χ3v) is 5.86. The highest BCUT2D eigenvalue weighted by Gasteiger charge is 2.23. The molecular formula is C24H22N6O4S. The molecule has 0 saturated carbocycles. The van der Waals surface area contributed by atoms with Crippen LogP contribution in [0.3, 0.4) is 0 Å². The monoisotopic (exact) mass is 490 g/mol. The van der Waals surface area contributed by atoms with Crippen molar-refractivity contribution in [3.05, 3.63) is 47.8 Å². The molecule has 178 valence electrons. The van der Waals surface area contributed by atoms with E-state index in [1.807, 2.05) is 6.07 Å². The Morgan fingerprint density at radius 3 is 2.34 bits per heavy atom. The summed E-state index contributed by atoms with van der Waals surface area (Å²) in [5.74, 6) is 1.16. The van der Waals surface area contributed by atoms with Gasteiger partial charge in [0.1, 0.15) is 28.5 Å². The normalized spacial score (nSPS) is 10.1. The lowest BCUT2D eigenvalue weighted by molar-refractivity contribution is -0.115. The number of anilines is 2. The second-order valence-electron chi connectivity index (χ2n) is 6.95. The largest absolute Gasteiger partial charge is 0.493 e. The number of benzene rings is 1. The lowest BCUT2D eigenvalue weighted by atomic mass is 9.96. The molecular weight excluding hydrogens is 468 g/mol. The van der Waals surface area contributed by atoms with Crippen LogP contribution in [0, 0.1) is 22.7 Å². The fraction of sp³-hybridized carbons (Fsp3) is 0.208. The minimum atomic E-state index is -0.213. The van der Waals surface area contributed by atoms with Gasteiger partial charge < -0.3 is 25.3 Å². The van der Waals surface area contributed by atoms with Gasteiger partial charge in [0.15, 0.2) is 11.5 Å². The van der Waals surface area contributed by atoms with Crippen molar-refractivity contribution in [1.29, 1.82) is 10.5 Å². The Balaban J connectivity index is 1.97. The van der Waals surface area contributed by atoms with Gasteiger partial charge in [-0.25, -0.2) is 4.98 Å². The number of hydrogen-bond donors (Lipinski definition) is 2. The molecule has 0 fully saturated rings. The predicted molar refractivity (Wildman–Crippen MR) is 131 cm³/mol. The molecule has 2 aromatic heterocycles. The molecule has 0 radical (unpaired) electrons. The van der Waals surface area contributed by atoms with Crippen molar-refractivity contribution in [2.45, 2.75) is 11.4 Å². The molecule has 0 aliphatic rings. The van der Waals surface area contributed by atoms with Gasteiger partial charge in [0, 0.05) is 23.9 Å². The van der Waals surface area contributed by atoms with E-state index >= 15 is 0 Å². The standard InChI is InChI=1S/C24H22N6O4S/c1-32-18-9-14(10-19(33-2)22(18)34-3)21-16(11-25)23(27)30-24(17(21)12-26)35-8-6-20(31)29-15-5-4-7-28-13-15/h4-5,7,9-10,13H,6,8H2,1-3H3,(H2,27,30)(H,29,31). The van der Waals surface area contributed by atoms with Crippen molar-refractivity contribution in [3.8, 4) is 40.5 Å². The summed E-state index contributed by atoms with van der Waals surface area (Å²) in [7, 11) is 4.41. The summed E-state index contributed by atoms with van der Waals surface area (Å²) in [4.78, 5) is 20.5. The maximum atomic E-state index is 12.3. The number of amides is 1. The average molecular weight is 491 g/mol. The van der Waals surface area contributed by atoms with Gasteiger partial charge >= 0.3 is 0 Å². The third kappa shape index (κ3) is 5.54. The molecule has 35 heavy (non-hydrogen) atoms. The number of aromatic nitrogens is 2. The molecule has 0 bridgehead atoms. The quantitative estimate of drug-likeness (QED) is 0.425. The van der Waals surface area contributed by atoms with E-state index in [9.17, 15) is 15.3 Å². The second-order valence-corrected chi connectivity index (χ2v) is 8.04. The number of nitrogens with two attached hydrogens (primary N) is 1. The van der Waals surface area contributed by atoms with Gasteiger partial charge in [-0.3, -0.25) is 9.78 Å². The molecule has 10 nitrogen and oxygen atoms in total. The zero-order valence-electron chi connectivity index (χ0n) is 19.3. The number of thioether (sulfide) groups is 1. The molecule has 2 heterocycles. The van der Waals surface area contributed by atoms with Gasteiger partial charge in [-0.2, -0.15) is 10.5 Å². The van der Waals surface area contributed by atoms with Crippen molar-refractivity contribution in [2.24, 2.45) is 0 Å². The number of nitriles is 2. The molecule has 11 heteroatoms. The number of carbonyl (C=O) groups is 1. The van der Waals surface area contributed by atoms with Crippen molar-refractivity contribution < 1.29 is 19.0 Å². The molecule has 0 atom stereocenters. The summed E-state index contributed by atoms with van der Waals surface area (Å²) in [5.41, 5.74) is 7.65. The first-order valence-electron chi connectivity index (χ1n) is 10.2. The first kappa shape index (κ1) is 25.1. The van der Waals surface area contributed by atoms with Gasteiger partial charge in [0.05, 0.1) is 38.8 Å². The van der Waals surface area contributed by atoms with Crippen LogP contribution in [-0.2, 0) is 4.79 Å². The van der Waals surface area contributed by atoms with E-state index in [-0.39, 0.29) is 29.3 Å².